The van der Waals surface area contributed by atoms with Crippen LogP contribution in [-0.4, -0.2) is 25.8 Å². The Morgan fingerprint density at radius 3 is 2.25 bits per heavy atom. The fraction of sp³-hybridized carbons (Fsp3) is 0.571. The predicted octanol–water partition coefficient (Wildman–Crippen LogP) is 4.13. The van der Waals surface area contributed by atoms with Gasteiger partial charge in [-0.15, -0.1) is 11.6 Å². The molecule has 0 heterocycles. The summed E-state index contributed by atoms with van der Waals surface area (Å²) < 4.78 is 26.6. The maximum absolute atomic E-state index is 12.6. The highest BCUT2D eigenvalue weighted by molar-refractivity contribution is 7.89. The average molecular weight is 338 g/mol. The van der Waals surface area contributed by atoms with E-state index in [1.165, 1.54) is 10.4 Å². The van der Waals surface area contributed by atoms with E-state index in [-0.39, 0.29) is 22.2 Å². The summed E-state index contributed by atoms with van der Waals surface area (Å²) >= 11 is 11.8. The molecule has 1 unspecified atom stereocenters. The van der Waals surface area contributed by atoms with Crippen LogP contribution in [0.15, 0.2) is 23.1 Å². The summed E-state index contributed by atoms with van der Waals surface area (Å²) in [5.74, 6) is 0.257. The molecule has 0 N–H and O–H groups in total. The van der Waals surface area contributed by atoms with Crippen LogP contribution in [0.2, 0.25) is 5.02 Å². The smallest absolute Gasteiger partial charge is 0.207 e. The van der Waals surface area contributed by atoms with Crippen molar-refractivity contribution in [1.82, 2.24) is 4.31 Å². The van der Waals surface area contributed by atoms with E-state index in [0.717, 1.165) is 5.56 Å². The van der Waals surface area contributed by atoms with Crippen molar-refractivity contribution >= 4 is 33.2 Å². The van der Waals surface area contributed by atoms with Gasteiger partial charge in [0.15, 0.2) is 0 Å². The minimum atomic E-state index is -3.56. The van der Waals surface area contributed by atoms with Crippen LogP contribution in [0.5, 0.6) is 0 Å². The van der Waals surface area contributed by atoms with Gasteiger partial charge in [0.05, 0.1) is 4.90 Å². The minimum absolute atomic E-state index is 0.140. The fourth-order valence-corrected chi connectivity index (χ4v) is 3.90. The van der Waals surface area contributed by atoms with Gasteiger partial charge in [0.25, 0.3) is 0 Å². The van der Waals surface area contributed by atoms with Gasteiger partial charge in [-0.2, -0.15) is 4.31 Å². The van der Waals surface area contributed by atoms with Crippen molar-refractivity contribution in [2.75, 3.05) is 7.05 Å². The number of alkyl halides is 1. The zero-order valence-corrected chi connectivity index (χ0v) is 14.8. The van der Waals surface area contributed by atoms with Crippen LogP contribution in [0.3, 0.4) is 0 Å². The van der Waals surface area contributed by atoms with Gasteiger partial charge in [0.2, 0.25) is 10.0 Å². The van der Waals surface area contributed by atoms with Gasteiger partial charge in [-0.05, 0) is 30.0 Å². The van der Waals surface area contributed by atoms with Crippen LogP contribution in [0.1, 0.15) is 33.3 Å². The highest BCUT2D eigenvalue weighted by Crippen LogP contribution is 2.29. The van der Waals surface area contributed by atoms with Gasteiger partial charge in [0, 0.05) is 24.0 Å². The van der Waals surface area contributed by atoms with Crippen molar-refractivity contribution in [2.45, 2.75) is 44.5 Å². The highest BCUT2D eigenvalue weighted by atomic mass is 35.5. The van der Waals surface area contributed by atoms with Crippen LogP contribution >= 0.6 is 23.2 Å². The van der Waals surface area contributed by atoms with Crippen LogP contribution < -0.4 is 0 Å². The van der Waals surface area contributed by atoms with Gasteiger partial charge in [-0.25, -0.2) is 8.42 Å². The van der Waals surface area contributed by atoms with E-state index < -0.39 is 10.0 Å². The lowest BCUT2D eigenvalue weighted by Gasteiger charge is -2.34. The predicted molar refractivity (Wildman–Crippen MR) is 84.9 cm³/mol. The molecule has 0 radical (unpaired) electrons. The van der Waals surface area contributed by atoms with E-state index in [2.05, 4.69) is 0 Å². The molecule has 0 spiro atoms. The minimum Gasteiger partial charge on any atom is -0.207 e. The normalized spacial score (nSPS) is 14.6. The van der Waals surface area contributed by atoms with Crippen LogP contribution in [0.4, 0.5) is 0 Å². The first kappa shape index (κ1) is 17.8. The Hall–Kier alpha value is -0.290. The molecule has 0 aliphatic carbocycles. The second kappa shape index (κ2) is 6.22. The summed E-state index contributed by atoms with van der Waals surface area (Å²) in [5.41, 5.74) is 0.570. The topological polar surface area (TPSA) is 37.4 Å². The van der Waals surface area contributed by atoms with Crippen molar-refractivity contribution in [3.05, 3.63) is 28.8 Å². The molecule has 114 valence electrons. The van der Waals surface area contributed by atoms with Gasteiger partial charge in [-0.3, -0.25) is 0 Å². The number of nitrogens with zero attached hydrogens (tertiary/aromatic N) is 1. The molecule has 0 fully saturated rings. The zero-order valence-electron chi connectivity index (χ0n) is 12.4. The first-order valence-electron chi connectivity index (χ1n) is 6.34. The fourth-order valence-electron chi connectivity index (χ4n) is 1.72. The Morgan fingerprint density at radius 2 is 1.85 bits per heavy atom. The first-order chi connectivity index (χ1) is 9.01. The van der Waals surface area contributed by atoms with Crippen LogP contribution in [-0.2, 0) is 15.9 Å². The van der Waals surface area contributed by atoms with E-state index >= 15 is 0 Å². The molecule has 0 bridgehead atoms. The molecule has 1 aromatic rings. The lowest BCUT2D eigenvalue weighted by Crippen LogP contribution is -2.42. The molecule has 0 aromatic heterocycles. The Bertz CT molecular complexity index is 579. The Morgan fingerprint density at radius 1 is 1.30 bits per heavy atom. The Kier molecular flexibility index (Phi) is 5.53. The number of halogens is 2. The summed E-state index contributed by atoms with van der Waals surface area (Å²) in [6, 6.07) is 4.52. The van der Waals surface area contributed by atoms with Gasteiger partial charge in [0.1, 0.15) is 0 Å². The monoisotopic (exact) mass is 337 g/mol. The molecular weight excluding hydrogens is 317 g/mol. The maximum Gasteiger partial charge on any atom is 0.243 e. The summed E-state index contributed by atoms with van der Waals surface area (Å²) in [6.45, 7) is 7.92. The zero-order chi connectivity index (χ0) is 15.7. The van der Waals surface area contributed by atoms with Crippen LogP contribution in [0.25, 0.3) is 0 Å². The SMILES string of the molecule is CC(N(C)S(=O)(=O)c1ccc(CCl)c(Cl)c1)C(C)(C)C. The third-order valence-electron chi connectivity index (χ3n) is 3.64. The van der Waals surface area contributed by atoms with E-state index in [1.807, 2.05) is 27.7 Å². The van der Waals surface area contributed by atoms with E-state index in [4.69, 9.17) is 23.2 Å². The van der Waals surface area contributed by atoms with Gasteiger partial charge < -0.3 is 0 Å². The van der Waals surface area contributed by atoms with Crippen molar-refractivity contribution in [3.63, 3.8) is 0 Å². The molecule has 1 aromatic carbocycles. The number of hydrogen-bond acceptors (Lipinski definition) is 2. The second-order valence-electron chi connectivity index (χ2n) is 5.95. The van der Waals surface area contributed by atoms with E-state index in [9.17, 15) is 8.42 Å². The number of rotatable bonds is 4. The molecule has 0 amide bonds. The average Bonchev–Trinajstić information content (AvgIpc) is 2.35. The van der Waals surface area contributed by atoms with Gasteiger partial charge in [-0.1, -0.05) is 38.4 Å². The third kappa shape index (κ3) is 3.67. The van der Waals surface area contributed by atoms with Crippen molar-refractivity contribution in [2.24, 2.45) is 5.41 Å². The number of benzene rings is 1. The highest BCUT2D eigenvalue weighted by Gasteiger charge is 2.32. The van der Waals surface area contributed by atoms with E-state index in [1.54, 1.807) is 19.2 Å². The summed E-state index contributed by atoms with van der Waals surface area (Å²) in [4.78, 5) is 0.190. The Labute approximate surface area is 131 Å². The van der Waals surface area contributed by atoms with Gasteiger partial charge >= 0.3 is 0 Å². The molecule has 1 rings (SSSR count). The molecule has 1 atom stereocenters. The molecule has 0 aliphatic rings. The second-order valence-corrected chi connectivity index (χ2v) is 8.62. The Balaban J connectivity index is 3.20. The molecule has 0 saturated carbocycles. The lowest BCUT2D eigenvalue weighted by molar-refractivity contribution is 0.216. The number of hydrogen-bond donors (Lipinski definition) is 0. The molecule has 6 heteroatoms. The van der Waals surface area contributed by atoms with E-state index in [0.29, 0.717) is 5.02 Å². The maximum atomic E-state index is 12.6. The van der Waals surface area contributed by atoms with Crippen molar-refractivity contribution in [3.8, 4) is 0 Å². The number of sulfonamides is 1. The standard InChI is InChI=1S/C14H21Cl2NO2S/c1-10(14(2,3)4)17(5)20(18,19)12-7-6-11(9-15)13(16)8-12/h6-8,10H,9H2,1-5H3. The molecule has 20 heavy (non-hydrogen) atoms. The summed E-state index contributed by atoms with van der Waals surface area (Å²) in [7, 11) is -1.97. The molecule has 0 saturated heterocycles. The third-order valence-corrected chi connectivity index (χ3v) is 6.21. The largest absolute Gasteiger partial charge is 0.243 e. The van der Waals surface area contributed by atoms with Crippen LogP contribution in [0, 0.1) is 5.41 Å². The molecular formula is C14H21Cl2NO2S. The van der Waals surface area contributed by atoms with Crippen molar-refractivity contribution in [1.29, 1.82) is 0 Å². The first-order valence-corrected chi connectivity index (χ1v) is 8.69. The van der Waals surface area contributed by atoms with Crippen molar-refractivity contribution < 1.29 is 8.42 Å². The molecule has 3 nitrogen and oxygen atoms in total. The molecule has 0 aliphatic heterocycles. The summed E-state index contributed by atoms with van der Waals surface area (Å²) in [5, 5.41) is 0.373. The summed E-state index contributed by atoms with van der Waals surface area (Å²) in [6.07, 6.45) is 0. The quantitative estimate of drug-likeness (QED) is 0.774. The lowest BCUT2D eigenvalue weighted by atomic mass is 9.88.